The Morgan fingerprint density at radius 3 is 2.65 bits per heavy atom. The zero-order valence-corrected chi connectivity index (χ0v) is 10.3. The first-order chi connectivity index (χ1) is 8.20. The lowest BCUT2D eigenvalue weighted by Gasteiger charge is -2.24. The van der Waals surface area contributed by atoms with E-state index in [0.29, 0.717) is 11.6 Å². The van der Waals surface area contributed by atoms with Gasteiger partial charge >= 0.3 is 0 Å². The molecule has 0 spiro atoms. The number of methoxy groups -OCH3 is 1. The van der Waals surface area contributed by atoms with Crippen LogP contribution < -0.4 is 4.74 Å². The van der Waals surface area contributed by atoms with E-state index >= 15 is 0 Å². The van der Waals surface area contributed by atoms with E-state index in [2.05, 4.69) is 16.9 Å². The van der Waals surface area contributed by atoms with Crippen LogP contribution in [0, 0.1) is 11.8 Å². The summed E-state index contributed by atoms with van der Waals surface area (Å²) in [7, 11) is 1.54. The van der Waals surface area contributed by atoms with Gasteiger partial charge in [0.15, 0.2) is 5.78 Å². The van der Waals surface area contributed by atoms with Crippen molar-refractivity contribution < 1.29 is 9.53 Å². The minimum Gasteiger partial charge on any atom is -0.481 e. The van der Waals surface area contributed by atoms with Crippen molar-refractivity contribution in [1.82, 2.24) is 9.97 Å². The van der Waals surface area contributed by atoms with Crippen LogP contribution in [-0.4, -0.2) is 22.9 Å². The lowest BCUT2D eigenvalue weighted by atomic mass is 9.80. The van der Waals surface area contributed by atoms with Gasteiger partial charge in [0, 0.05) is 12.0 Å². The van der Waals surface area contributed by atoms with Gasteiger partial charge in [-0.1, -0.05) is 19.8 Å². The largest absolute Gasteiger partial charge is 0.481 e. The number of ketones is 1. The molecular formula is C13H18N2O2. The van der Waals surface area contributed by atoms with Crippen molar-refractivity contribution in [2.45, 2.75) is 32.6 Å². The third-order valence-corrected chi connectivity index (χ3v) is 3.49. The smallest absolute Gasteiger partial charge is 0.216 e. The molecule has 1 aromatic rings. The maximum Gasteiger partial charge on any atom is 0.216 e. The first kappa shape index (κ1) is 12.0. The third kappa shape index (κ3) is 2.81. The van der Waals surface area contributed by atoms with Crippen LogP contribution in [0.4, 0.5) is 0 Å². The Bertz CT molecular complexity index is 398. The van der Waals surface area contributed by atoms with Crippen molar-refractivity contribution in [2.24, 2.45) is 11.8 Å². The lowest BCUT2D eigenvalue weighted by molar-refractivity contribution is 0.0869. The molecule has 4 nitrogen and oxygen atoms in total. The molecule has 0 saturated heterocycles. The Labute approximate surface area is 101 Å². The van der Waals surface area contributed by atoms with Crippen molar-refractivity contribution in [3.8, 4) is 5.88 Å². The van der Waals surface area contributed by atoms with Gasteiger partial charge < -0.3 is 4.74 Å². The molecule has 0 radical (unpaired) electrons. The highest BCUT2D eigenvalue weighted by atomic mass is 16.5. The van der Waals surface area contributed by atoms with E-state index in [0.717, 1.165) is 31.6 Å². The predicted molar refractivity (Wildman–Crippen MR) is 64.0 cm³/mol. The average Bonchev–Trinajstić information content (AvgIpc) is 2.39. The molecule has 0 aromatic carbocycles. The van der Waals surface area contributed by atoms with E-state index < -0.39 is 0 Å². The number of carbonyl (C=O) groups is 1. The fraction of sp³-hybridized carbons (Fsp3) is 0.615. The minimum atomic E-state index is 0.130. The van der Waals surface area contributed by atoms with E-state index in [9.17, 15) is 4.79 Å². The summed E-state index contributed by atoms with van der Waals surface area (Å²) in [6.45, 7) is 2.24. The van der Waals surface area contributed by atoms with Gasteiger partial charge in [0.1, 0.15) is 12.0 Å². The monoisotopic (exact) mass is 234 g/mol. The molecule has 1 heterocycles. The fourth-order valence-corrected chi connectivity index (χ4v) is 2.32. The van der Waals surface area contributed by atoms with Crippen LogP contribution in [0.5, 0.6) is 5.88 Å². The number of nitrogens with zero attached hydrogens (tertiary/aromatic N) is 2. The summed E-state index contributed by atoms with van der Waals surface area (Å²) in [6.07, 6.45) is 5.62. The second-order valence-electron chi connectivity index (χ2n) is 4.77. The third-order valence-electron chi connectivity index (χ3n) is 3.49. The molecule has 17 heavy (non-hydrogen) atoms. The topological polar surface area (TPSA) is 52.1 Å². The van der Waals surface area contributed by atoms with Crippen LogP contribution in [0.2, 0.25) is 0 Å². The zero-order chi connectivity index (χ0) is 12.3. The number of hydrogen-bond donors (Lipinski definition) is 0. The minimum absolute atomic E-state index is 0.130. The standard InChI is InChI=1S/C13H18N2O2/c1-9-3-5-10(6-4-9)13(16)11-7-12(17-2)15-8-14-11/h7-10H,3-6H2,1-2H3. The number of rotatable bonds is 3. The highest BCUT2D eigenvalue weighted by Crippen LogP contribution is 2.30. The van der Waals surface area contributed by atoms with Gasteiger partial charge in [0.25, 0.3) is 0 Å². The molecule has 0 bridgehead atoms. The summed E-state index contributed by atoms with van der Waals surface area (Å²) in [5.41, 5.74) is 0.483. The molecule has 0 unspecified atom stereocenters. The lowest BCUT2D eigenvalue weighted by Crippen LogP contribution is -2.21. The highest BCUT2D eigenvalue weighted by Gasteiger charge is 2.26. The molecule has 0 aliphatic heterocycles. The van der Waals surface area contributed by atoms with Crippen molar-refractivity contribution in [1.29, 1.82) is 0 Å². The van der Waals surface area contributed by atoms with Gasteiger partial charge in [-0.25, -0.2) is 9.97 Å². The maximum absolute atomic E-state index is 12.2. The van der Waals surface area contributed by atoms with Crippen LogP contribution in [0.15, 0.2) is 12.4 Å². The van der Waals surface area contributed by atoms with Gasteiger partial charge in [0.2, 0.25) is 5.88 Å². The van der Waals surface area contributed by atoms with E-state index in [-0.39, 0.29) is 11.7 Å². The zero-order valence-electron chi connectivity index (χ0n) is 10.3. The van der Waals surface area contributed by atoms with Crippen LogP contribution >= 0.6 is 0 Å². The molecule has 1 aliphatic carbocycles. The van der Waals surface area contributed by atoms with Crippen molar-refractivity contribution >= 4 is 5.78 Å². The molecule has 0 N–H and O–H groups in total. The molecule has 4 heteroatoms. The van der Waals surface area contributed by atoms with Gasteiger partial charge in [-0.05, 0) is 18.8 Å². The van der Waals surface area contributed by atoms with Crippen molar-refractivity contribution in [2.75, 3.05) is 7.11 Å². The number of Topliss-reactive ketones (excluding diaryl/α,β-unsaturated/α-hetero) is 1. The summed E-state index contributed by atoms with van der Waals surface area (Å²) < 4.78 is 5.01. The van der Waals surface area contributed by atoms with E-state index in [4.69, 9.17) is 4.74 Å². The van der Waals surface area contributed by atoms with Crippen LogP contribution in [0.1, 0.15) is 43.1 Å². The predicted octanol–water partition coefficient (Wildman–Crippen LogP) is 2.49. The Balaban J connectivity index is 2.08. The van der Waals surface area contributed by atoms with Crippen molar-refractivity contribution in [3.05, 3.63) is 18.1 Å². The van der Waals surface area contributed by atoms with Gasteiger partial charge in [-0.2, -0.15) is 0 Å². The molecule has 92 valence electrons. The molecule has 0 atom stereocenters. The Morgan fingerprint density at radius 2 is 2.00 bits per heavy atom. The van der Waals surface area contributed by atoms with Gasteiger partial charge in [0.05, 0.1) is 7.11 Å². The average molecular weight is 234 g/mol. The second kappa shape index (κ2) is 5.25. The van der Waals surface area contributed by atoms with Crippen LogP contribution in [-0.2, 0) is 0 Å². The molecule has 1 saturated carbocycles. The Hall–Kier alpha value is -1.45. The Morgan fingerprint density at radius 1 is 1.29 bits per heavy atom. The van der Waals surface area contributed by atoms with E-state index in [1.54, 1.807) is 13.2 Å². The number of aromatic nitrogens is 2. The summed E-state index contributed by atoms with van der Waals surface area (Å²) in [6, 6.07) is 1.63. The molecule has 1 fully saturated rings. The van der Waals surface area contributed by atoms with Gasteiger partial charge in [-0.3, -0.25) is 4.79 Å². The number of hydrogen-bond acceptors (Lipinski definition) is 4. The van der Waals surface area contributed by atoms with Crippen LogP contribution in [0.3, 0.4) is 0 Å². The summed E-state index contributed by atoms with van der Waals surface area (Å²) in [5, 5.41) is 0. The first-order valence-electron chi connectivity index (χ1n) is 6.11. The van der Waals surface area contributed by atoms with E-state index in [1.165, 1.54) is 6.33 Å². The number of ether oxygens (including phenoxy) is 1. The molecule has 0 amide bonds. The normalized spacial score (nSPS) is 24.4. The molecule has 2 rings (SSSR count). The second-order valence-corrected chi connectivity index (χ2v) is 4.77. The van der Waals surface area contributed by atoms with Gasteiger partial charge in [-0.15, -0.1) is 0 Å². The molecule has 1 aromatic heterocycles. The maximum atomic E-state index is 12.2. The summed E-state index contributed by atoms with van der Waals surface area (Å²) in [5.74, 6) is 1.47. The van der Waals surface area contributed by atoms with Crippen molar-refractivity contribution in [3.63, 3.8) is 0 Å². The SMILES string of the molecule is COc1cc(C(=O)C2CCC(C)CC2)ncn1. The summed E-state index contributed by atoms with van der Waals surface area (Å²) >= 11 is 0. The molecule has 1 aliphatic rings. The Kier molecular flexibility index (Phi) is 3.71. The highest BCUT2D eigenvalue weighted by molar-refractivity contribution is 5.96. The fourth-order valence-electron chi connectivity index (χ4n) is 2.32. The first-order valence-corrected chi connectivity index (χ1v) is 6.11. The quantitative estimate of drug-likeness (QED) is 0.754. The number of carbonyl (C=O) groups excluding carboxylic acids is 1. The molecular weight excluding hydrogens is 216 g/mol. The van der Waals surface area contributed by atoms with E-state index in [1.807, 2.05) is 0 Å². The van der Waals surface area contributed by atoms with Crippen LogP contribution in [0.25, 0.3) is 0 Å². The summed E-state index contributed by atoms with van der Waals surface area (Å²) in [4.78, 5) is 20.2.